The average molecular weight is 349 g/mol. The van der Waals surface area contributed by atoms with E-state index in [1.54, 1.807) is 42.6 Å². The van der Waals surface area contributed by atoms with E-state index in [0.29, 0.717) is 11.3 Å². The highest BCUT2D eigenvalue weighted by molar-refractivity contribution is 7.92. The molecule has 0 fully saturated rings. The molecule has 0 saturated carbocycles. The lowest BCUT2D eigenvalue weighted by Gasteiger charge is -2.10. The standard InChI is InChI=1S/C19H15N3O2S/c23-25(24,15-9-5-2-6-10-15)22-17-11-12-20-19-18(17)16(13-21-19)14-7-3-1-4-8-14/h1-13H,(H2,20,21,22). The molecule has 4 rings (SSSR count). The van der Waals surface area contributed by atoms with Gasteiger partial charge in [-0.3, -0.25) is 4.72 Å². The first-order chi connectivity index (χ1) is 12.1. The van der Waals surface area contributed by atoms with Crippen LogP contribution >= 0.6 is 0 Å². The van der Waals surface area contributed by atoms with Crippen molar-refractivity contribution in [3.8, 4) is 11.1 Å². The highest BCUT2D eigenvalue weighted by atomic mass is 32.2. The number of nitrogens with one attached hydrogen (secondary N) is 2. The Morgan fingerprint density at radius 3 is 2.28 bits per heavy atom. The number of hydrogen-bond donors (Lipinski definition) is 2. The van der Waals surface area contributed by atoms with Gasteiger partial charge in [-0.1, -0.05) is 48.5 Å². The van der Waals surface area contributed by atoms with Crippen molar-refractivity contribution in [3.05, 3.63) is 79.1 Å². The van der Waals surface area contributed by atoms with Crippen LogP contribution < -0.4 is 4.72 Å². The van der Waals surface area contributed by atoms with E-state index in [0.717, 1.165) is 16.5 Å². The Bertz CT molecular complexity index is 1120. The summed E-state index contributed by atoms with van der Waals surface area (Å²) in [6, 6.07) is 19.8. The first kappa shape index (κ1) is 15.4. The van der Waals surface area contributed by atoms with E-state index in [4.69, 9.17) is 0 Å². The predicted octanol–water partition coefficient (Wildman–Crippen LogP) is 4.03. The summed E-state index contributed by atoms with van der Waals surface area (Å²) < 4.78 is 28.0. The molecule has 6 heteroatoms. The monoisotopic (exact) mass is 349 g/mol. The number of benzene rings is 2. The number of nitrogens with zero attached hydrogens (tertiary/aromatic N) is 1. The second-order valence-corrected chi connectivity index (χ2v) is 7.25. The van der Waals surface area contributed by atoms with E-state index in [9.17, 15) is 8.42 Å². The quantitative estimate of drug-likeness (QED) is 0.584. The second kappa shape index (κ2) is 6.07. The van der Waals surface area contributed by atoms with Crippen molar-refractivity contribution in [1.82, 2.24) is 9.97 Å². The van der Waals surface area contributed by atoms with Crippen LogP contribution in [0, 0.1) is 0 Å². The van der Waals surface area contributed by atoms with Crippen LogP contribution in [0.4, 0.5) is 5.69 Å². The number of fused-ring (bicyclic) bond motifs is 1. The van der Waals surface area contributed by atoms with Gasteiger partial charge in [-0.05, 0) is 23.8 Å². The summed E-state index contributed by atoms with van der Waals surface area (Å²) in [6.07, 6.45) is 3.42. The SMILES string of the molecule is O=S(=O)(Nc1ccnc2[nH]cc(-c3ccccc3)c12)c1ccccc1. The first-order valence-electron chi connectivity index (χ1n) is 7.74. The zero-order valence-electron chi connectivity index (χ0n) is 13.2. The fourth-order valence-electron chi connectivity index (χ4n) is 2.79. The van der Waals surface area contributed by atoms with Gasteiger partial charge < -0.3 is 4.98 Å². The summed E-state index contributed by atoms with van der Waals surface area (Å²) in [5.41, 5.74) is 3.01. The molecule has 0 amide bonds. The number of rotatable bonds is 4. The molecular weight excluding hydrogens is 334 g/mol. The summed E-state index contributed by atoms with van der Waals surface area (Å²) >= 11 is 0. The molecule has 2 N–H and O–H groups in total. The Hall–Kier alpha value is -3.12. The molecule has 0 aliphatic rings. The Kier molecular flexibility index (Phi) is 3.74. The van der Waals surface area contributed by atoms with Gasteiger partial charge in [0.2, 0.25) is 0 Å². The molecule has 2 heterocycles. The summed E-state index contributed by atoms with van der Waals surface area (Å²) in [5, 5.41) is 0.744. The van der Waals surface area contributed by atoms with Crippen LogP contribution in [-0.4, -0.2) is 18.4 Å². The van der Waals surface area contributed by atoms with Gasteiger partial charge >= 0.3 is 0 Å². The number of aromatic nitrogens is 2. The highest BCUT2D eigenvalue weighted by Gasteiger charge is 2.18. The first-order valence-corrected chi connectivity index (χ1v) is 9.23. The van der Waals surface area contributed by atoms with Crippen LogP contribution in [0.1, 0.15) is 0 Å². The van der Waals surface area contributed by atoms with Gasteiger partial charge in [0.25, 0.3) is 10.0 Å². The molecular formula is C19H15N3O2S. The summed E-state index contributed by atoms with van der Waals surface area (Å²) in [7, 11) is -3.67. The fraction of sp³-hybridized carbons (Fsp3) is 0. The van der Waals surface area contributed by atoms with Crippen LogP contribution in [0.3, 0.4) is 0 Å². The lowest BCUT2D eigenvalue weighted by molar-refractivity contribution is 0.601. The molecule has 0 aliphatic carbocycles. The molecule has 0 spiro atoms. The van der Waals surface area contributed by atoms with E-state index in [1.807, 2.05) is 36.5 Å². The van der Waals surface area contributed by atoms with Crippen LogP contribution in [0.5, 0.6) is 0 Å². The molecule has 4 aromatic rings. The van der Waals surface area contributed by atoms with Crippen molar-refractivity contribution in [2.24, 2.45) is 0 Å². The molecule has 0 atom stereocenters. The molecule has 124 valence electrons. The smallest absolute Gasteiger partial charge is 0.261 e. The van der Waals surface area contributed by atoms with Gasteiger partial charge in [0.1, 0.15) is 5.65 Å². The summed E-state index contributed by atoms with van der Waals surface area (Å²) in [6.45, 7) is 0. The molecule has 25 heavy (non-hydrogen) atoms. The van der Waals surface area contributed by atoms with E-state index >= 15 is 0 Å². The molecule has 2 aromatic heterocycles. The van der Waals surface area contributed by atoms with Crippen molar-refractivity contribution in [2.75, 3.05) is 4.72 Å². The predicted molar refractivity (Wildman–Crippen MR) is 98.8 cm³/mol. The largest absolute Gasteiger partial charge is 0.345 e. The van der Waals surface area contributed by atoms with Crippen LogP contribution in [-0.2, 0) is 10.0 Å². The molecule has 2 aromatic carbocycles. The summed E-state index contributed by atoms with van der Waals surface area (Å²) in [4.78, 5) is 7.63. The van der Waals surface area contributed by atoms with Crippen molar-refractivity contribution in [2.45, 2.75) is 4.90 Å². The maximum absolute atomic E-state index is 12.7. The van der Waals surface area contributed by atoms with Gasteiger partial charge in [-0.15, -0.1) is 0 Å². The lowest BCUT2D eigenvalue weighted by Crippen LogP contribution is -2.13. The zero-order chi connectivity index (χ0) is 17.3. The Labute approximate surface area is 145 Å². The number of aromatic amines is 1. The van der Waals surface area contributed by atoms with Crippen molar-refractivity contribution in [1.29, 1.82) is 0 Å². The Morgan fingerprint density at radius 1 is 0.880 bits per heavy atom. The topological polar surface area (TPSA) is 74.8 Å². The van der Waals surface area contributed by atoms with Crippen LogP contribution in [0.15, 0.2) is 84.0 Å². The van der Waals surface area contributed by atoms with E-state index in [2.05, 4.69) is 14.7 Å². The summed E-state index contributed by atoms with van der Waals surface area (Å²) in [5.74, 6) is 0. The maximum Gasteiger partial charge on any atom is 0.261 e. The highest BCUT2D eigenvalue weighted by Crippen LogP contribution is 2.33. The Balaban J connectivity index is 1.85. The zero-order valence-corrected chi connectivity index (χ0v) is 14.0. The number of sulfonamides is 1. The van der Waals surface area contributed by atoms with E-state index in [-0.39, 0.29) is 4.90 Å². The molecule has 0 aliphatic heterocycles. The maximum atomic E-state index is 12.7. The minimum Gasteiger partial charge on any atom is -0.345 e. The third kappa shape index (κ3) is 2.88. The fourth-order valence-corrected chi connectivity index (χ4v) is 3.88. The molecule has 0 bridgehead atoms. The van der Waals surface area contributed by atoms with Crippen molar-refractivity contribution < 1.29 is 8.42 Å². The number of H-pyrrole nitrogens is 1. The number of hydrogen-bond acceptors (Lipinski definition) is 3. The second-order valence-electron chi connectivity index (χ2n) is 5.57. The van der Waals surface area contributed by atoms with Gasteiger partial charge in [0.05, 0.1) is 16.0 Å². The van der Waals surface area contributed by atoms with Crippen LogP contribution in [0.2, 0.25) is 0 Å². The number of pyridine rings is 1. The molecule has 0 radical (unpaired) electrons. The molecule has 5 nitrogen and oxygen atoms in total. The third-order valence-electron chi connectivity index (χ3n) is 3.96. The van der Waals surface area contributed by atoms with Gasteiger partial charge in [0, 0.05) is 18.0 Å². The molecule has 0 unspecified atom stereocenters. The lowest BCUT2D eigenvalue weighted by atomic mass is 10.1. The average Bonchev–Trinajstić information content (AvgIpc) is 3.08. The Morgan fingerprint density at radius 2 is 1.56 bits per heavy atom. The number of anilines is 1. The minimum absolute atomic E-state index is 0.219. The van der Waals surface area contributed by atoms with Gasteiger partial charge in [-0.2, -0.15) is 0 Å². The van der Waals surface area contributed by atoms with E-state index < -0.39 is 10.0 Å². The van der Waals surface area contributed by atoms with Crippen molar-refractivity contribution >= 4 is 26.7 Å². The van der Waals surface area contributed by atoms with Crippen molar-refractivity contribution in [3.63, 3.8) is 0 Å². The third-order valence-corrected chi connectivity index (χ3v) is 5.34. The minimum atomic E-state index is -3.67. The van der Waals surface area contributed by atoms with Crippen LogP contribution in [0.25, 0.3) is 22.2 Å². The molecule has 0 saturated heterocycles. The van der Waals surface area contributed by atoms with Gasteiger partial charge in [-0.25, -0.2) is 13.4 Å². The normalized spacial score (nSPS) is 11.5. The van der Waals surface area contributed by atoms with Gasteiger partial charge in [0.15, 0.2) is 0 Å². The van der Waals surface area contributed by atoms with E-state index in [1.165, 1.54) is 0 Å².